The topological polar surface area (TPSA) is 27.1 Å². The van der Waals surface area contributed by atoms with Gasteiger partial charge in [-0.2, -0.15) is 0 Å². The highest BCUT2D eigenvalue weighted by Crippen LogP contribution is 2.18. The van der Waals surface area contributed by atoms with E-state index in [2.05, 4.69) is 37.0 Å². The van der Waals surface area contributed by atoms with Crippen LogP contribution < -0.4 is 4.74 Å². The first kappa shape index (κ1) is 16.3. The lowest BCUT2D eigenvalue weighted by atomic mass is 10.0. The lowest BCUT2D eigenvalue weighted by Crippen LogP contribution is -1.96. The van der Waals surface area contributed by atoms with Crippen LogP contribution in [-0.4, -0.2) is 16.2 Å². The van der Waals surface area contributed by atoms with Crippen molar-refractivity contribution in [2.75, 3.05) is 6.61 Å². The highest BCUT2D eigenvalue weighted by Gasteiger charge is 1.98. The predicted octanol–water partition coefficient (Wildman–Crippen LogP) is 4.06. The molecule has 0 bridgehead atoms. The molecule has 1 aromatic carbocycles. The second-order valence-electron chi connectivity index (χ2n) is 4.77. The Kier molecular flexibility index (Phi) is 6.88. The first-order valence-electron chi connectivity index (χ1n) is 6.59. The Morgan fingerprint density at radius 2 is 1.95 bits per heavy atom. The minimum atomic E-state index is 0. The first-order chi connectivity index (χ1) is 9.25. The molecule has 3 nitrogen and oxygen atoms in total. The summed E-state index contributed by atoms with van der Waals surface area (Å²) in [4.78, 5) is 3.99. The maximum absolute atomic E-state index is 5.65. The second kappa shape index (κ2) is 8.43. The molecular weight excluding hydrogens is 272 g/mol. The summed E-state index contributed by atoms with van der Waals surface area (Å²) in [6, 6.07) is 8.29. The van der Waals surface area contributed by atoms with Crippen molar-refractivity contribution in [1.29, 1.82) is 0 Å². The van der Waals surface area contributed by atoms with E-state index < -0.39 is 0 Å². The van der Waals surface area contributed by atoms with Crippen LogP contribution in [-0.2, 0) is 6.54 Å². The van der Waals surface area contributed by atoms with Crippen molar-refractivity contribution in [2.45, 2.75) is 26.3 Å². The van der Waals surface area contributed by atoms with Gasteiger partial charge in [0.15, 0.2) is 0 Å². The van der Waals surface area contributed by atoms with Crippen LogP contribution in [0.15, 0.2) is 55.1 Å². The molecule has 0 unspecified atom stereocenters. The number of hydrogen-bond acceptors (Lipinski definition) is 2. The number of aromatic nitrogens is 2. The van der Waals surface area contributed by atoms with E-state index in [4.69, 9.17) is 4.74 Å². The van der Waals surface area contributed by atoms with Crippen molar-refractivity contribution in [3.63, 3.8) is 0 Å². The summed E-state index contributed by atoms with van der Waals surface area (Å²) in [5.41, 5.74) is 1.34. The molecular formula is C16H21ClN2O. The predicted molar refractivity (Wildman–Crippen MR) is 84.6 cm³/mol. The van der Waals surface area contributed by atoms with Crippen LogP contribution >= 0.6 is 12.4 Å². The van der Waals surface area contributed by atoms with Gasteiger partial charge in [-0.05, 0) is 29.7 Å². The Hall–Kier alpha value is -1.74. The lowest BCUT2D eigenvalue weighted by Gasteiger charge is -2.07. The summed E-state index contributed by atoms with van der Waals surface area (Å²) >= 11 is 0. The molecule has 1 heterocycles. The average molecular weight is 293 g/mol. The van der Waals surface area contributed by atoms with Gasteiger partial charge in [0.1, 0.15) is 12.4 Å². The van der Waals surface area contributed by atoms with Gasteiger partial charge in [-0.25, -0.2) is 4.98 Å². The first-order valence-corrected chi connectivity index (χ1v) is 6.59. The van der Waals surface area contributed by atoms with E-state index in [1.54, 1.807) is 12.5 Å². The summed E-state index contributed by atoms with van der Waals surface area (Å²) < 4.78 is 7.66. The van der Waals surface area contributed by atoms with Crippen molar-refractivity contribution < 1.29 is 4.74 Å². The number of hydrogen-bond donors (Lipinski definition) is 0. The molecule has 0 aliphatic carbocycles. The molecule has 0 aliphatic rings. The zero-order chi connectivity index (χ0) is 13.5. The number of benzene rings is 1. The van der Waals surface area contributed by atoms with Crippen LogP contribution in [0.3, 0.4) is 0 Å². The van der Waals surface area contributed by atoms with Gasteiger partial charge in [-0.15, -0.1) is 12.4 Å². The van der Waals surface area contributed by atoms with Crippen molar-refractivity contribution >= 4 is 12.4 Å². The zero-order valence-electron chi connectivity index (χ0n) is 11.9. The molecule has 0 N–H and O–H groups in total. The van der Waals surface area contributed by atoms with Crippen molar-refractivity contribution in [3.05, 3.63) is 60.7 Å². The fourth-order valence-corrected chi connectivity index (χ4v) is 1.75. The highest BCUT2D eigenvalue weighted by molar-refractivity contribution is 5.85. The molecule has 4 heteroatoms. The summed E-state index contributed by atoms with van der Waals surface area (Å²) in [6.07, 6.45) is 9.62. The molecule has 2 aromatic rings. The largest absolute Gasteiger partial charge is 0.490 e. The van der Waals surface area contributed by atoms with Gasteiger partial charge in [0.05, 0.1) is 6.33 Å². The van der Waals surface area contributed by atoms with E-state index >= 15 is 0 Å². The number of imidazole rings is 1. The van der Waals surface area contributed by atoms with Crippen LogP contribution in [0.2, 0.25) is 0 Å². The zero-order valence-corrected chi connectivity index (χ0v) is 12.7. The van der Waals surface area contributed by atoms with Gasteiger partial charge < -0.3 is 9.30 Å². The standard InChI is InChI=1S/C16H20N2O.ClH/c1-14(2)15-5-7-16(8-6-15)19-12-4-3-10-18-11-9-17-13-18;/h3-9,11,13-14H,10,12H2,1-2H3;1H. The molecule has 2 rings (SSSR count). The Labute approximate surface area is 126 Å². The molecule has 20 heavy (non-hydrogen) atoms. The van der Waals surface area contributed by atoms with Gasteiger partial charge >= 0.3 is 0 Å². The maximum atomic E-state index is 5.65. The Bertz CT molecular complexity index is 504. The fraction of sp³-hybridized carbons (Fsp3) is 0.312. The summed E-state index contributed by atoms with van der Waals surface area (Å²) in [5, 5.41) is 0. The van der Waals surface area contributed by atoms with E-state index in [0.717, 1.165) is 12.3 Å². The van der Waals surface area contributed by atoms with E-state index in [0.29, 0.717) is 12.5 Å². The van der Waals surface area contributed by atoms with Gasteiger partial charge in [-0.1, -0.05) is 32.1 Å². The van der Waals surface area contributed by atoms with Gasteiger partial charge in [0.2, 0.25) is 0 Å². The molecule has 0 saturated heterocycles. The second-order valence-corrected chi connectivity index (χ2v) is 4.77. The Morgan fingerprint density at radius 1 is 1.20 bits per heavy atom. The van der Waals surface area contributed by atoms with Crippen LogP contribution in [0.1, 0.15) is 25.3 Å². The monoisotopic (exact) mass is 292 g/mol. The van der Waals surface area contributed by atoms with Gasteiger partial charge in [0, 0.05) is 18.9 Å². The molecule has 108 valence electrons. The Balaban J connectivity index is 0.00000200. The SMILES string of the molecule is CC(C)c1ccc(OCC=CCn2ccnc2)cc1.Cl. The summed E-state index contributed by atoms with van der Waals surface area (Å²) in [5.74, 6) is 1.47. The summed E-state index contributed by atoms with van der Waals surface area (Å²) in [7, 11) is 0. The van der Waals surface area contributed by atoms with E-state index in [-0.39, 0.29) is 12.4 Å². The smallest absolute Gasteiger partial charge is 0.119 e. The molecule has 0 spiro atoms. The molecule has 0 fully saturated rings. The molecule has 0 aliphatic heterocycles. The van der Waals surface area contributed by atoms with E-state index in [1.165, 1.54) is 5.56 Å². The third-order valence-electron chi connectivity index (χ3n) is 2.94. The van der Waals surface area contributed by atoms with Gasteiger partial charge in [0.25, 0.3) is 0 Å². The number of halogens is 1. The minimum Gasteiger partial charge on any atom is -0.490 e. The molecule has 0 radical (unpaired) electrons. The highest BCUT2D eigenvalue weighted by atomic mass is 35.5. The van der Waals surface area contributed by atoms with Crippen LogP contribution in [0.5, 0.6) is 5.75 Å². The molecule has 0 atom stereocenters. The number of allylic oxidation sites excluding steroid dienone is 1. The fourth-order valence-electron chi connectivity index (χ4n) is 1.75. The van der Waals surface area contributed by atoms with Crippen LogP contribution in [0.4, 0.5) is 0 Å². The molecule has 1 aromatic heterocycles. The third kappa shape index (κ3) is 5.10. The van der Waals surface area contributed by atoms with Crippen molar-refractivity contribution in [1.82, 2.24) is 9.55 Å². The quantitative estimate of drug-likeness (QED) is 0.751. The normalized spacial score (nSPS) is 10.8. The van der Waals surface area contributed by atoms with Gasteiger partial charge in [-0.3, -0.25) is 0 Å². The minimum absolute atomic E-state index is 0. The average Bonchev–Trinajstić information content (AvgIpc) is 2.92. The number of rotatable bonds is 6. The van der Waals surface area contributed by atoms with Crippen molar-refractivity contribution in [2.24, 2.45) is 0 Å². The van der Waals surface area contributed by atoms with Crippen LogP contribution in [0, 0.1) is 0 Å². The van der Waals surface area contributed by atoms with Crippen molar-refractivity contribution in [3.8, 4) is 5.75 Å². The number of nitrogens with zero attached hydrogens (tertiary/aromatic N) is 2. The lowest BCUT2D eigenvalue weighted by molar-refractivity contribution is 0.362. The van der Waals surface area contributed by atoms with Crippen LogP contribution in [0.25, 0.3) is 0 Å². The third-order valence-corrected chi connectivity index (χ3v) is 2.94. The number of ether oxygens (including phenoxy) is 1. The van der Waals surface area contributed by atoms with E-state index in [1.807, 2.05) is 29.0 Å². The summed E-state index contributed by atoms with van der Waals surface area (Å²) in [6.45, 7) is 5.80. The molecule has 0 amide bonds. The van der Waals surface area contributed by atoms with E-state index in [9.17, 15) is 0 Å². The maximum Gasteiger partial charge on any atom is 0.119 e. The molecule has 0 saturated carbocycles. The Morgan fingerprint density at radius 3 is 2.55 bits per heavy atom.